The zero-order valence-electron chi connectivity index (χ0n) is 16.3. The zero-order valence-corrected chi connectivity index (χ0v) is 16.3. The number of H-pyrrole nitrogens is 1. The molecule has 3 rings (SSSR count). The molecule has 1 unspecified atom stereocenters. The molecule has 0 bridgehead atoms. The van der Waals surface area contributed by atoms with E-state index in [1.807, 2.05) is 24.3 Å². The lowest BCUT2D eigenvalue weighted by atomic mass is 9.95. The molecule has 1 atom stereocenters. The van der Waals surface area contributed by atoms with Crippen LogP contribution in [-0.2, 0) is 11.3 Å². The molecule has 0 spiro atoms. The van der Waals surface area contributed by atoms with E-state index >= 15 is 0 Å². The topological polar surface area (TPSA) is 122 Å². The molecule has 2 aromatic rings. The van der Waals surface area contributed by atoms with Crippen LogP contribution in [0.1, 0.15) is 25.1 Å². The summed E-state index contributed by atoms with van der Waals surface area (Å²) in [6, 6.07) is 7.60. The molecular weight excluding hydrogens is 358 g/mol. The number of primary amides is 1. The van der Waals surface area contributed by atoms with Crippen molar-refractivity contribution in [3.8, 4) is 17.1 Å². The number of aliphatic imine (C=N–C) groups is 1. The average molecular weight is 385 g/mol. The van der Waals surface area contributed by atoms with Gasteiger partial charge in [0.1, 0.15) is 11.6 Å². The van der Waals surface area contributed by atoms with Crippen molar-refractivity contribution >= 4 is 11.9 Å². The number of rotatable bonds is 6. The van der Waals surface area contributed by atoms with Gasteiger partial charge in [-0.1, -0.05) is 0 Å². The van der Waals surface area contributed by atoms with Crippen LogP contribution in [0.4, 0.5) is 0 Å². The van der Waals surface area contributed by atoms with Gasteiger partial charge in [-0.3, -0.25) is 14.9 Å². The summed E-state index contributed by atoms with van der Waals surface area (Å²) in [6.45, 7) is 2.16. The minimum absolute atomic E-state index is 0.248. The van der Waals surface area contributed by atoms with Crippen LogP contribution < -0.4 is 15.8 Å². The number of guanidine groups is 1. The van der Waals surface area contributed by atoms with Crippen molar-refractivity contribution in [1.82, 2.24) is 25.4 Å². The third kappa shape index (κ3) is 4.99. The van der Waals surface area contributed by atoms with Crippen LogP contribution in [0.5, 0.6) is 5.75 Å². The molecule has 9 heteroatoms. The van der Waals surface area contributed by atoms with E-state index < -0.39 is 0 Å². The highest BCUT2D eigenvalue weighted by Crippen LogP contribution is 2.20. The quantitative estimate of drug-likeness (QED) is 0.506. The van der Waals surface area contributed by atoms with E-state index in [-0.39, 0.29) is 11.8 Å². The SMILES string of the molecule is CN=C(NCc1nc(-c2ccc(OC)cc2)n[nH]1)N1CCCC(CC(N)=O)C1. The first-order valence-corrected chi connectivity index (χ1v) is 9.38. The van der Waals surface area contributed by atoms with Crippen LogP contribution in [0.15, 0.2) is 29.3 Å². The third-order valence-electron chi connectivity index (χ3n) is 4.81. The van der Waals surface area contributed by atoms with Gasteiger partial charge in [0.05, 0.1) is 13.7 Å². The molecule has 1 aromatic heterocycles. The van der Waals surface area contributed by atoms with Crippen molar-refractivity contribution in [3.63, 3.8) is 0 Å². The standard InChI is InChI=1S/C19H27N7O2/c1-21-19(26-9-3-4-13(12-26)10-16(20)27)22-11-17-23-18(25-24-17)14-5-7-15(28-2)8-6-14/h5-8,13H,3-4,9-12H2,1-2H3,(H2,20,27)(H,21,22)(H,23,24,25). The molecule has 4 N–H and O–H groups in total. The van der Waals surface area contributed by atoms with Crippen LogP contribution in [-0.4, -0.2) is 59.2 Å². The number of hydrogen-bond donors (Lipinski definition) is 3. The molecule has 1 aliphatic rings. The summed E-state index contributed by atoms with van der Waals surface area (Å²) in [7, 11) is 3.39. The number of benzene rings is 1. The summed E-state index contributed by atoms with van der Waals surface area (Å²) in [5.74, 6) is 2.96. The molecule has 1 aromatic carbocycles. The second-order valence-electron chi connectivity index (χ2n) is 6.86. The summed E-state index contributed by atoms with van der Waals surface area (Å²) < 4.78 is 5.17. The molecule has 28 heavy (non-hydrogen) atoms. The summed E-state index contributed by atoms with van der Waals surface area (Å²) in [4.78, 5) is 22.3. The number of piperidine rings is 1. The van der Waals surface area contributed by atoms with Crippen LogP contribution in [0, 0.1) is 5.92 Å². The van der Waals surface area contributed by atoms with Gasteiger partial charge in [-0.15, -0.1) is 0 Å². The van der Waals surface area contributed by atoms with Crippen molar-refractivity contribution in [2.24, 2.45) is 16.6 Å². The fraction of sp³-hybridized carbons (Fsp3) is 0.474. The van der Waals surface area contributed by atoms with E-state index in [2.05, 4.69) is 30.4 Å². The average Bonchev–Trinajstić information content (AvgIpc) is 3.17. The van der Waals surface area contributed by atoms with Gasteiger partial charge in [-0.2, -0.15) is 5.10 Å². The molecule has 1 aliphatic heterocycles. The van der Waals surface area contributed by atoms with Crippen LogP contribution in [0.2, 0.25) is 0 Å². The fourth-order valence-corrected chi connectivity index (χ4v) is 3.45. The van der Waals surface area contributed by atoms with E-state index in [0.29, 0.717) is 18.8 Å². The Morgan fingerprint density at radius 3 is 2.89 bits per heavy atom. The maximum Gasteiger partial charge on any atom is 0.217 e. The second kappa shape index (κ2) is 9.20. The molecule has 0 aliphatic carbocycles. The third-order valence-corrected chi connectivity index (χ3v) is 4.81. The first kappa shape index (κ1) is 19.7. The van der Waals surface area contributed by atoms with Crippen LogP contribution in [0.3, 0.4) is 0 Å². The van der Waals surface area contributed by atoms with Crippen molar-refractivity contribution < 1.29 is 9.53 Å². The Hall–Kier alpha value is -3.10. The summed E-state index contributed by atoms with van der Waals surface area (Å²) in [5.41, 5.74) is 6.26. The highest BCUT2D eigenvalue weighted by molar-refractivity contribution is 5.80. The number of hydrogen-bond acceptors (Lipinski definition) is 5. The fourth-order valence-electron chi connectivity index (χ4n) is 3.45. The number of carbonyl (C=O) groups is 1. The van der Waals surface area contributed by atoms with Gasteiger partial charge in [0, 0.05) is 32.1 Å². The summed E-state index contributed by atoms with van der Waals surface area (Å²) >= 11 is 0. The maximum absolute atomic E-state index is 11.2. The van der Waals surface area contributed by atoms with E-state index in [1.165, 1.54) is 0 Å². The number of nitrogens with zero attached hydrogens (tertiary/aromatic N) is 4. The molecule has 1 amide bonds. The van der Waals surface area contributed by atoms with E-state index in [4.69, 9.17) is 10.5 Å². The number of aromatic nitrogens is 3. The Balaban J connectivity index is 1.58. The minimum Gasteiger partial charge on any atom is -0.497 e. The number of aromatic amines is 1. The van der Waals surface area contributed by atoms with Gasteiger partial charge < -0.3 is 20.7 Å². The van der Waals surface area contributed by atoms with Gasteiger partial charge >= 0.3 is 0 Å². The predicted octanol–water partition coefficient (Wildman–Crippen LogP) is 1.14. The minimum atomic E-state index is -0.248. The molecule has 2 heterocycles. The van der Waals surface area contributed by atoms with Crippen molar-refractivity contribution in [3.05, 3.63) is 30.1 Å². The Bertz CT molecular complexity index is 816. The number of nitrogens with two attached hydrogens (primary N) is 1. The van der Waals surface area contributed by atoms with Crippen LogP contribution >= 0.6 is 0 Å². The van der Waals surface area contributed by atoms with Gasteiger partial charge in [0.2, 0.25) is 5.91 Å². The number of ether oxygens (including phenoxy) is 1. The van der Waals surface area contributed by atoms with E-state index in [9.17, 15) is 4.79 Å². The predicted molar refractivity (Wildman–Crippen MR) is 107 cm³/mol. The van der Waals surface area contributed by atoms with Crippen molar-refractivity contribution in [2.75, 3.05) is 27.2 Å². The molecule has 9 nitrogen and oxygen atoms in total. The highest BCUT2D eigenvalue weighted by atomic mass is 16.5. The number of methoxy groups -OCH3 is 1. The van der Waals surface area contributed by atoms with E-state index in [0.717, 1.165) is 49.0 Å². The molecule has 0 radical (unpaired) electrons. The Morgan fingerprint density at radius 2 is 2.21 bits per heavy atom. The lowest BCUT2D eigenvalue weighted by molar-refractivity contribution is -0.119. The Morgan fingerprint density at radius 1 is 1.43 bits per heavy atom. The monoisotopic (exact) mass is 385 g/mol. The van der Waals surface area contributed by atoms with Crippen molar-refractivity contribution in [2.45, 2.75) is 25.8 Å². The lowest BCUT2D eigenvalue weighted by Crippen LogP contribution is -2.47. The number of nitrogens with one attached hydrogen (secondary N) is 2. The number of amides is 1. The van der Waals surface area contributed by atoms with Gasteiger partial charge in [0.25, 0.3) is 0 Å². The number of carbonyl (C=O) groups excluding carboxylic acids is 1. The molecular formula is C19H27N7O2. The van der Waals surface area contributed by atoms with Gasteiger partial charge in [-0.25, -0.2) is 4.98 Å². The summed E-state index contributed by atoms with van der Waals surface area (Å²) in [6.07, 6.45) is 2.45. The first-order valence-electron chi connectivity index (χ1n) is 9.38. The molecule has 150 valence electrons. The maximum atomic E-state index is 11.2. The largest absolute Gasteiger partial charge is 0.497 e. The first-order chi connectivity index (χ1) is 13.6. The lowest BCUT2D eigenvalue weighted by Gasteiger charge is -2.34. The van der Waals surface area contributed by atoms with Gasteiger partial charge in [-0.05, 0) is 43.0 Å². The zero-order chi connectivity index (χ0) is 19.9. The smallest absolute Gasteiger partial charge is 0.217 e. The van der Waals surface area contributed by atoms with Gasteiger partial charge in [0.15, 0.2) is 11.8 Å². The Labute approximate surface area is 164 Å². The van der Waals surface area contributed by atoms with Crippen LogP contribution in [0.25, 0.3) is 11.4 Å². The highest BCUT2D eigenvalue weighted by Gasteiger charge is 2.23. The number of likely N-dealkylation sites (tertiary alicyclic amines) is 1. The second-order valence-corrected chi connectivity index (χ2v) is 6.86. The molecule has 1 saturated heterocycles. The molecule has 1 fully saturated rings. The van der Waals surface area contributed by atoms with E-state index in [1.54, 1.807) is 14.2 Å². The summed E-state index contributed by atoms with van der Waals surface area (Å²) in [5, 5.41) is 10.6. The Kier molecular flexibility index (Phi) is 6.46. The van der Waals surface area contributed by atoms with Crippen molar-refractivity contribution in [1.29, 1.82) is 0 Å². The normalized spacial score (nSPS) is 17.4. The molecule has 0 saturated carbocycles.